The minimum Gasteiger partial charge on any atom is -0.485 e. The highest BCUT2D eigenvalue weighted by molar-refractivity contribution is 9.10. The first-order chi connectivity index (χ1) is 7.66. The van der Waals surface area contributed by atoms with E-state index in [-0.39, 0.29) is 0 Å². The van der Waals surface area contributed by atoms with Crippen LogP contribution in [0, 0.1) is 13.8 Å². The summed E-state index contributed by atoms with van der Waals surface area (Å²) in [5, 5.41) is 0. The summed E-state index contributed by atoms with van der Waals surface area (Å²) < 4.78 is 11.9. The van der Waals surface area contributed by atoms with Crippen molar-refractivity contribution in [3.05, 3.63) is 51.9 Å². The topological polar surface area (TPSA) is 22.4 Å². The van der Waals surface area contributed by atoms with Gasteiger partial charge in [0.15, 0.2) is 4.67 Å². The highest BCUT2D eigenvalue weighted by Gasteiger charge is 2.05. The molecule has 0 aliphatic carbocycles. The van der Waals surface area contributed by atoms with Crippen molar-refractivity contribution < 1.29 is 9.15 Å². The molecule has 2 nitrogen and oxygen atoms in total. The molecule has 0 radical (unpaired) electrons. The third-order valence-electron chi connectivity index (χ3n) is 2.40. The fourth-order valence-corrected chi connectivity index (χ4v) is 1.94. The molecule has 0 saturated carbocycles. The van der Waals surface area contributed by atoms with Gasteiger partial charge in [-0.25, -0.2) is 0 Å². The van der Waals surface area contributed by atoms with Crippen LogP contribution in [0.4, 0.5) is 0 Å². The standard InChI is InChI=1S/C13H13BrO2/c1-9-4-3-5-10(2)13(9)15-8-11-6-7-12(14)16-11/h3-7H,8H2,1-2H3. The molecule has 16 heavy (non-hydrogen) atoms. The SMILES string of the molecule is Cc1cccc(C)c1OCc1ccc(Br)o1. The fraction of sp³-hybridized carbons (Fsp3) is 0.231. The molecule has 2 aromatic rings. The van der Waals surface area contributed by atoms with Gasteiger partial charge in [-0.2, -0.15) is 0 Å². The first-order valence-corrected chi connectivity index (χ1v) is 5.89. The minimum atomic E-state index is 0.456. The summed E-state index contributed by atoms with van der Waals surface area (Å²) in [6.45, 7) is 4.54. The van der Waals surface area contributed by atoms with Crippen molar-refractivity contribution in [1.29, 1.82) is 0 Å². The summed E-state index contributed by atoms with van der Waals surface area (Å²) in [5.41, 5.74) is 2.29. The first kappa shape index (κ1) is 11.3. The number of benzene rings is 1. The summed E-state index contributed by atoms with van der Waals surface area (Å²) >= 11 is 3.27. The molecular weight excluding hydrogens is 268 g/mol. The first-order valence-electron chi connectivity index (χ1n) is 5.10. The van der Waals surface area contributed by atoms with E-state index >= 15 is 0 Å². The van der Waals surface area contributed by atoms with Crippen molar-refractivity contribution in [2.45, 2.75) is 20.5 Å². The zero-order chi connectivity index (χ0) is 11.5. The van der Waals surface area contributed by atoms with Gasteiger partial charge >= 0.3 is 0 Å². The van der Waals surface area contributed by atoms with Crippen LogP contribution in [0.1, 0.15) is 16.9 Å². The van der Waals surface area contributed by atoms with Crippen LogP contribution in [-0.2, 0) is 6.61 Å². The second-order valence-corrected chi connectivity index (χ2v) is 4.50. The van der Waals surface area contributed by atoms with Crippen LogP contribution in [0.25, 0.3) is 0 Å². The fourth-order valence-electron chi connectivity index (χ4n) is 1.60. The van der Waals surface area contributed by atoms with E-state index in [2.05, 4.69) is 15.9 Å². The van der Waals surface area contributed by atoms with Crippen molar-refractivity contribution in [2.75, 3.05) is 0 Å². The number of halogens is 1. The van der Waals surface area contributed by atoms with E-state index in [0.29, 0.717) is 6.61 Å². The molecule has 0 N–H and O–H groups in total. The number of hydrogen-bond donors (Lipinski definition) is 0. The van der Waals surface area contributed by atoms with Gasteiger partial charge in [0.25, 0.3) is 0 Å². The molecule has 0 atom stereocenters. The lowest BCUT2D eigenvalue weighted by Crippen LogP contribution is -1.97. The Labute approximate surface area is 103 Å². The van der Waals surface area contributed by atoms with Crippen LogP contribution >= 0.6 is 15.9 Å². The molecule has 1 aromatic carbocycles. The minimum absolute atomic E-state index is 0.456. The molecule has 1 heterocycles. The van der Waals surface area contributed by atoms with Gasteiger partial charge in [0, 0.05) is 0 Å². The zero-order valence-electron chi connectivity index (χ0n) is 9.29. The van der Waals surface area contributed by atoms with E-state index < -0.39 is 0 Å². The molecule has 0 aliphatic rings. The average molecular weight is 281 g/mol. The number of aryl methyl sites for hydroxylation is 2. The van der Waals surface area contributed by atoms with Crippen LogP contribution < -0.4 is 4.74 Å². The highest BCUT2D eigenvalue weighted by Crippen LogP contribution is 2.24. The normalized spacial score (nSPS) is 10.4. The number of furan rings is 1. The maximum atomic E-state index is 5.75. The highest BCUT2D eigenvalue weighted by atomic mass is 79.9. The lowest BCUT2D eigenvalue weighted by Gasteiger charge is -2.10. The van der Waals surface area contributed by atoms with E-state index in [4.69, 9.17) is 9.15 Å². The number of rotatable bonds is 3. The summed E-state index contributed by atoms with van der Waals surface area (Å²) in [6, 6.07) is 9.88. The molecule has 0 saturated heterocycles. The van der Waals surface area contributed by atoms with Crippen LogP contribution in [0.3, 0.4) is 0 Å². The third kappa shape index (κ3) is 2.47. The summed E-state index contributed by atoms with van der Waals surface area (Å²) in [5.74, 6) is 1.75. The van der Waals surface area contributed by atoms with Gasteiger partial charge in [0.2, 0.25) is 0 Å². The van der Waals surface area contributed by atoms with Gasteiger partial charge < -0.3 is 9.15 Å². The molecule has 0 fully saturated rings. The third-order valence-corrected chi connectivity index (χ3v) is 2.82. The Morgan fingerprint density at radius 2 is 1.81 bits per heavy atom. The number of ether oxygens (including phenoxy) is 1. The predicted molar refractivity (Wildman–Crippen MR) is 66.7 cm³/mol. The molecular formula is C13H13BrO2. The Hall–Kier alpha value is -1.22. The van der Waals surface area contributed by atoms with Crippen molar-refractivity contribution in [2.24, 2.45) is 0 Å². The zero-order valence-corrected chi connectivity index (χ0v) is 10.9. The van der Waals surface area contributed by atoms with Crippen LogP contribution in [0.2, 0.25) is 0 Å². The lowest BCUT2D eigenvalue weighted by atomic mass is 10.1. The van der Waals surface area contributed by atoms with E-state index in [1.165, 1.54) is 0 Å². The maximum absolute atomic E-state index is 5.75. The second-order valence-electron chi connectivity index (χ2n) is 3.72. The maximum Gasteiger partial charge on any atom is 0.169 e. The van der Waals surface area contributed by atoms with Gasteiger partial charge in [0.1, 0.15) is 18.1 Å². The summed E-state index contributed by atoms with van der Waals surface area (Å²) in [4.78, 5) is 0. The molecule has 0 spiro atoms. The van der Waals surface area contributed by atoms with E-state index in [1.54, 1.807) is 0 Å². The van der Waals surface area contributed by atoms with Crippen molar-refractivity contribution >= 4 is 15.9 Å². The van der Waals surface area contributed by atoms with E-state index in [0.717, 1.165) is 27.3 Å². The largest absolute Gasteiger partial charge is 0.485 e. The smallest absolute Gasteiger partial charge is 0.169 e. The van der Waals surface area contributed by atoms with Gasteiger partial charge in [0.05, 0.1) is 0 Å². The van der Waals surface area contributed by atoms with Gasteiger partial charge in [-0.1, -0.05) is 18.2 Å². The monoisotopic (exact) mass is 280 g/mol. The van der Waals surface area contributed by atoms with E-state index in [9.17, 15) is 0 Å². The Morgan fingerprint density at radius 3 is 2.38 bits per heavy atom. The number of para-hydroxylation sites is 1. The second kappa shape index (κ2) is 4.74. The van der Waals surface area contributed by atoms with Crippen molar-refractivity contribution in [3.8, 4) is 5.75 Å². The predicted octanol–water partition coefficient (Wildman–Crippen LogP) is 4.24. The van der Waals surface area contributed by atoms with Crippen molar-refractivity contribution in [3.63, 3.8) is 0 Å². The molecule has 3 heteroatoms. The molecule has 0 amide bonds. The Morgan fingerprint density at radius 1 is 1.12 bits per heavy atom. The average Bonchev–Trinajstić information content (AvgIpc) is 2.63. The van der Waals surface area contributed by atoms with Gasteiger partial charge in [-0.3, -0.25) is 0 Å². The van der Waals surface area contributed by atoms with Gasteiger partial charge in [-0.15, -0.1) is 0 Å². The van der Waals surface area contributed by atoms with Crippen LogP contribution in [0.5, 0.6) is 5.75 Å². The van der Waals surface area contributed by atoms with Crippen LogP contribution in [0.15, 0.2) is 39.4 Å². The quantitative estimate of drug-likeness (QED) is 0.839. The Balaban J connectivity index is 2.10. The molecule has 0 bridgehead atoms. The molecule has 0 unspecified atom stereocenters. The van der Waals surface area contributed by atoms with Crippen molar-refractivity contribution in [1.82, 2.24) is 0 Å². The Kier molecular flexibility index (Phi) is 3.34. The molecule has 1 aromatic heterocycles. The molecule has 84 valence electrons. The summed E-state index contributed by atoms with van der Waals surface area (Å²) in [6.07, 6.45) is 0. The number of hydrogen-bond acceptors (Lipinski definition) is 2. The Bertz CT molecular complexity index is 468. The molecule has 0 aliphatic heterocycles. The molecule has 2 rings (SSSR count). The van der Waals surface area contributed by atoms with Crippen LogP contribution in [-0.4, -0.2) is 0 Å². The van der Waals surface area contributed by atoms with E-state index in [1.807, 2.05) is 44.2 Å². The summed E-state index contributed by atoms with van der Waals surface area (Å²) in [7, 11) is 0. The lowest BCUT2D eigenvalue weighted by molar-refractivity contribution is 0.264. The van der Waals surface area contributed by atoms with Gasteiger partial charge in [-0.05, 0) is 53.0 Å².